The maximum absolute atomic E-state index is 12.3. The fraction of sp³-hybridized carbons (Fsp3) is 0.318. The molecule has 4 N–H and O–H groups in total. The van der Waals surface area contributed by atoms with Crippen molar-refractivity contribution in [3.8, 4) is 0 Å². The van der Waals surface area contributed by atoms with Crippen LogP contribution in [0.3, 0.4) is 0 Å². The highest BCUT2D eigenvalue weighted by Crippen LogP contribution is 2.28. The zero-order valence-electron chi connectivity index (χ0n) is 17.0. The molecular formula is C22H26ClN3O5. The normalized spacial score (nSPS) is 13.0. The molecule has 0 unspecified atom stereocenters. The summed E-state index contributed by atoms with van der Waals surface area (Å²) in [7, 11) is 0. The molecule has 0 bridgehead atoms. The van der Waals surface area contributed by atoms with Crippen molar-refractivity contribution in [1.29, 1.82) is 0 Å². The number of carboxylic acids is 2. The van der Waals surface area contributed by atoms with Gasteiger partial charge in [-0.15, -0.1) is 0 Å². The summed E-state index contributed by atoms with van der Waals surface area (Å²) >= 11 is 6.13. The van der Waals surface area contributed by atoms with E-state index < -0.39 is 11.9 Å². The number of para-hydroxylation sites is 2. The Hall–Kier alpha value is -3.10. The van der Waals surface area contributed by atoms with Gasteiger partial charge in [-0.05, 0) is 43.0 Å². The van der Waals surface area contributed by atoms with Crippen LogP contribution in [0, 0.1) is 0 Å². The van der Waals surface area contributed by atoms with Crippen LogP contribution in [0.2, 0.25) is 5.02 Å². The average Bonchev–Trinajstić information content (AvgIpc) is 2.76. The quantitative estimate of drug-likeness (QED) is 0.502. The maximum atomic E-state index is 12.3. The standard InChI is InChI=1S/C20H24ClN3O.C2H2O4/c21-17-9-3-2-8-16(17)14-22-15-20(25)23-18-10-4-5-11-19(18)24-12-6-1-7-13-24;3-1(4)2(5)6/h2-5,8-11,22H,1,6-7,12-15H2,(H,23,25);(H,3,4)(H,5,6). The fourth-order valence-electron chi connectivity index (χ4n) is 3.14. The van der Waals surface area contributed by atoms with Crippen LogP contribution >= 0.6 is 11.6 Å². The number of nitrogens with zero attached hydrogens (tertiary/aromatic N) is 1. The van der Waals surface area contributed by atoms with Gasteiger partial charge < -0.3 is 25.7 Å². The Morgan fingerprint density at radius 2 is 1.52 bits per heavy atom. The van der Waals surface area contributed by atoms with Gasteiger partial charge in [0.15, 0.2) is 0 Å². The van der Waals surface area contributed by atoms with E-state index >= 15 is 0 Å². The highest BCUT2D eigenvalue weighted by atomic mass is 35.5. The summed E-state index contributed by atoms with van der Waals surface area (Å²) < 4.78 is 0. The Balaban J connectivity index is 0.000000501. The summed E-state index contributed by atoms with van der Waals surface area (Å²) in [5.41, 5.74) is 2.99. The number of anilines is 2. The first-order valence-corrected chi connectivity index (χ1v) is 10.3. The predicted octanol–water partition coefficient (Wildman–Crippen LogP) is 3.21. The van der Waals surface area contributed by atoms with Crippen LogP contribution < -0.4 is 15.5 Å². The van der Waals surface area contributed by atoms with Gasteiger partial charge in [0.25, 0.3) is 0 Å². The van der Waals surface area contributed by atoms with Crippen molar-refractivity contribution in [1.82, 2.24) is 5.32 Å². The minimum atomic E-state index is -1.82. The Kier molecular flexibility index (Phi) is 9.80. The number of halogens is 1. The SMILES string of the molecule is O=C(CNCc1ccccc1Cl)Nc1ccccc1N1CCCCC1.O=C(O)C(=O)O. The van der Waals surface area contributed by atoms with Crippen molar-refractivity contribution in [2.24, 2.45) is 0 Å². The zero-order valence-corrected chi connectivity index (χ0v) is 17.8. The lowest BCUT2D eigenvalue weighted by atomic mass is 10.1. The number of aliphatic carboxylic acids is 2. The van der Waals surface area contributed by atoms with E-state index in [1.807, 2.05) is 42.5 Å². The van der Waals surface area contributed by atoms with Crippen LogP contribution in [0.4, 0.5) is 11.4 Å². The van der Waals surface area contributed by atoms with Gasteiger partial charge in [0.2, 0.25) is 5.91 Å². The molecule has 0 aromatic heterocycles. The van der Waals surface area contributed by atoms with Crippen molar-refractivity contribution in [2.45, 2.75) is 25.8 Å². The monoisotopic (exact) mass is 447 g/mol. The molecule has 1 aliphatic rings. The fourth-order valence-corrected chi connectivity index (χ4v) is 3.34. The van der Waals surface area contributed by atoms with Gasteiger partial charge in [0.05, 0.1) is 17.9 Å². The molecule has 166 valence electrons. The number of hydrogen-bond acceptors (Lipinski definition) is 5. The van der Waals surface area contributed by atoms with Gasteiger partial charge in [-0.2, -0.15) is 0 Å². The Labute approximate surface area is 185 Å². The largest absolute Gasteiger partial charge is 0.473 e. The second kappa shape index (κ2) is 12.6. The molecule has 0 aliphatic carbocycles. The molecule has 1 heterocycles. The maximum Gasteiger partial charge on any atom is 0.414 e. The third-order valence-corrected chi connectivity index (χ3v) is 4.99. The van der Waals surface area contributed by atoms with Gasteiger partial charge >= 0.3 is 11.9 Å². The Morgan fingerprint density at radius 1 is 0.903 bits per heavy atom. The number of hydrogen-bond donors (Lipinski definition) is 4. The summed E-state index contributed by atoms with van der Waals surface area (Å²) in [6, 6.07) is 15.7. The smallest absolute Gasteiger partial charge is 0.414 e. The first kappa shape index (κ1) is 24.2. The van der Waals surface area contributed by atoms with Crippen LogP contribution in [0.5, 0.6) is 0 Å². The molecular weight excluding hydrogens is 422 g/mol. The first-order chi connectivity index (χ1) is 14.9. The number of carbonyl (C=O) groups is 3. The molecule has 2 aromatic rings. The number of carboxylic acid groups (broad SMARTS) is 2. The van der Waals surface area contributed by atoms with Gasteiger partial charge in [-0.25, -0.2) is 9.59 Å². The topological polar surface area (TPSA) is 119 Å². The highest BCUT2D eigenvalue weighted by Gasteiger charge is 2.15. The second-order valence-corrected chi connectivity index (χ2v) is 7.33. The number of piperidine rings is 1. The minimum absolute atomic E-state index is 0.0449. The first-order valence-electron chi connectivity index (χ1n) is 9.92. The van der Waals surface area contributed by atoms with Crippen LogP contribution in [0.1, 0.15) is 24.8 Å². The molecule has 0 spiro atoms. The summed E-state index contributed by atoms with van der Waals surface area (Å²) in [5, 5.41) is 21.7. The van der Waals surface area contributed by atoms with E-state index in [4.69, 9.17) is 31.4 Å². The highest BCUT2D eigenvalue weighted by molar-refractivity contribution is 6.31. The predicted molar refractivity (Wildman–Crippen MR) is 120 cm³/mol. The van der Waals surface area contributed by atoms with Crippen molar-refractivity contribution in [3.63, 3.8) is 0 Å². The Morgan fingerprint density at radius 3 is 2.16 bits per heavy atom. The summed E-state index contributed by atoms with van der Waals surface area (Å²) in [5.74, 6) is -3.69. The van der Waals surface area contributed by atoms with Crippen molar-refractivity contribution in [2.75, 3.05) is 29.9 Å². The number of benzene rings is 2. The van der Waals surface area contributed by atoms with Gasteiger partial charge in [0.1, 0.15) is 0 Å². The van der Waals surface area contributed by atoms with Crippen LogP contribution in [0.15, 0.2) is 48.5 Å². The molecule has 0 radical (unpaired) electrons. The summed E-state index contributed by atoms with van der Waals surface area (Å²) in [4.78, 5) is 32.9. The number of amides is 1. The van der Waals surface area contributed by atoms with E-state index in [0.717, 1.165) is 30.0 Å². The third-order valence-electron chi connectivity index (χ3n) is 4.62. The molecule has 1 saturated heterocycles. The molecule has 0 atom stereocenters. The number of carbonyl (C=O) groups excluding carboxylic acids is 1. The minimum Gasteiger partial charge on any atom is -0.473 e. The second-order valence-electron chi connectivity index (χ2n) is 6.92. The Bertz CT molecular complexity index is 888. The van der Waals surface area contributed by atoms with Gasteiger partial charge in [-0.3, -0.25) is 4.79 Å². The van der Waals surface area contributed by atoms with E-state index in [2.05, 4.69) is 21.6 Å². The van der Waals surface area contributed by atoms with Crippen molar-refractivity contribution in [3.05, 3.63) is 59.1 Å². The molecule has 2 aromatic carbocycles. The lowest BCUT2D eigenvalue weighted by molar-refractivity contribution is -0.159. The van der Waals surface area contributed by atoms with E-state index in [-0.39, 0.29) is 12.5 Å². The summed E-state index contributed by atoms with van der Waals surface area (Å²) in [6.07, 6.45) is 3.71. The molecule has 1 aliphatic heterocycles. The van der Waals surface area contributed by atoms with Gasteiger partial charge in [0, 0.05) is 24.7 Å². The van der Waals surface area contributed by atoms with Crippen molar-refractivity contribution < 1.29 is 24.6 Å². The van der Waals surface area contributed by atoms with E-state index in [1.54, 1.807) is 0 Å². The lowest BCUT2D eigenvalue weighted by Gasteiger charge is -2.30. The van der Waals surface area contributed by atoms with E-state index in [0.29, 0.717) is 11.6 Å². The molecule has 8 nitrogen and oxygen atoms in total. The summed E-state index contributed by atoms with van der Waals surface area (Å²) in [6.45, 7) is 2.93. The van der Waals surface area contributed by atoms with Crippen molar-refractivity contribution >= 4 is 40.8 Å². The van der Waals surface area contributed by atoms with Crippen LogP contribution in [-0.2, 0) is 20.9 Å². The van der Waals surface area contributed by atoms with E-state index in [9.17, 15) is 4.79 Å². The third kappa shape index (κ3) is 8.27. The molecule has 1 fully saturated rings. The lowest BCUT2D eigenvalue weighted by Crippen LogP contribution is -2.32. The zero-order chi connectivity index (χ0) is 22.6. The van der Waals surface area contributed by atoms with Crippen LogP contribution in [-0.4, -0.2) is 47.7 Å². The average molecular weight is 448 g/mol. The molecule has 3 rings (SSSR count). The number of nitrogens with one attached hydrogen (secondary N) is 2. The van der Waals surface area contributed by atoms with Crippen LogP contribution in [0.25, 0.3) is 0 Å². The number of rotatable bonds is 6. The van der Waals surface area contributed by atoms with Gasteiger partial charge in [-0.1, -0.05) is 41.9 Å². The molecule has 0 saturated carbocycles. The van der Waals surface area contributed by atoms with E-state index in [1.165, 1.54) is 19.3 Å². The molecule has 9 heteroatoms. The molecule has 1 amide bonds. The molecule has 31 heavy (non-hydrogen) atoms.